The van der Waals surface area contributed by atoms with Crippen LogP contribution in [-0.4, -0.2) is 16.8 Å². The van der Waals surface area contributed by atoms with Crippen molar-refractivity contribution in [3.63, 3.8) is 0 Å². The fourth-order valence-corrected chi connectivity index (χ4v) is 4.01. The van der Waals surface area contributed by atoms with Gasteiger partial charge in [0.25, 0.3) is 11.8 Å². The van der Waals surface area contributed by atoms with Crippen LogP contribution >= 0.6 is 15.9 Å². The molecule has 0 N–H and O–H groups in total. The van der Waals surface area contributed by atoms with E-state index in [1.54, 1.807) is 24.4 Å². The van der Waals surface area contributed by atoms with E-state index < -0.39 is 0 Å². The quantitative estimate of drug-likeness (QED) is 0.423. The minimum absolute atomic E-state index is 0.329. The summed E-state index contributed by atoms with van der Waals surface area (Å²) >= 11 is 3.50. The zero-order valence-electron chi connectivity index (χ0n) is 13.4. The van der Waals surface area contributed by atoms with Crippen LogP contribution in [0.5, 0.6) is 0 Å². The molecule has 0 radical (unpaired) electrons. The number of para-hydroxylation sites is 1. The molecule has 0 bridgehead atoms. The Hall–Kier alpha value is -3.05. The highest BCUT2D eigenvalue weighted by Gasteiger charge is 2.35. The normalized spacial score (nSPS) is 13.7. The molecule has 0 aliphatic carbocycles. The average Bonchev–Trinajstić information content (AvgIpc) is 2.67. The van der Waals surface area contributed by atoms with Crippen molar-refractivity contribution < 1.29 is 9.59 Å². The SMILES string of the molecule is O=C1c2cccc3c(Br)ccc(c23)C(=O)N1c1cccc2cccnc12. The number of aromatic nitrogens is 1. The van der Waals surface area contributed by atoms with Gasteiger partial charge in [-0.3, -0.25) is 14.6 Å². The van der Waals surface area contributed by atoms with E-state index in [9.17, 15) is 9.59 Å². The Morgan fingerprint density at radius 2 is 1.54 bits per heavy atom. The van der Waals surface area contributed by atoms with Crippen LogP contribution in [0.25, 0.3) is 21.7 Å². The molecule has 4 aromatic rings. The van der Waals surface area contributed by atoms with Crippen LogP contribution < -0.4 is 4.90 Å². The number of rotatable bonds is 1. The number of anilines is 1. The lowest BCUT2D eigenvalue weighted by molar-refractivity contribution is 0.0894. The van der Waals surface area contributed by atoms with E-state index in [0.29, 0.717) is 27.7 Å². The molecule has 0 saturated heterocycles. The van der Waals surface area contributed by atoms with Crippen molar-refractivity contribution in [3.8, 4) is 0 Å². The number of hydrogen-bond acceptors (Lipinski definition) is 3. The van der Waals surface area contributed by atoms with Crippen LogP contribution in [0, 0.1) is 0 Å². The number of nitrogens with zero attached hydrogens (tertiary/aromatic N) is 2. The van der Waals surface area contributed by atoms with Gasteiger partial charge >= 0.3 is 0 Å². The Morgan fingerprint density at radius 1 is 0.808 bits per heavy atom. The molecule has 1 aliphatic rings. The smallest absolute Gasteiger partial charge is 0.266 e. The van der Waals surface area contributed by atoms with Crippen LogP contribution in [0.3, 0.4) is 0 Å². The summed E-state index contributed by atoms with van der Waals surface area (Å²) in [4.78, 5) is 32.1. The second-order valence-corrected chi connectivity index (χ2v) is 6.98. The number of benzene rings is 3. The number of carbonyl (C=O) groups is 2. The first-order chi connectivity index (χ1) is 12.7. The Kier molecular flexibility index (Phi) is 3.21. The van der Waals surface area contributed by atoms with Gasteiger partial charge in [-0.1, -0.05) is 46.3 Å². The molecule has 4 nitrogen and oxygen atoms in total. The third kappa shape index (κ3) is 1.98. The topological polar surface area (TPSA) is 50.3 Å². The first-order valence-electron chi connectivity index (χ1n) is 8.10. The summed E-state index contributed by atoms with van der Waals surface area (Å²) in [6, 6.07) is 18.4. The van der Waals surface area contributed by atoms with Crippen molar-refractivity contribution in [1.29, 1.82) is 0 Å². The van der Waals surface area contributed by atoms with Gasteiger partial charge in [0.1, 0.15) is 0 Å². The van der Waals surface area contributed by atoms with Gasteiger partial charge in [0.05, 0.1) is 11.2 Å². The van der Waals surface area contributed by atoms with Gasteiger partial charge < -0.3 is 0 Å². The average molecular weight is 403 g/mol. The number of pyridine rings is 1. The number of hydrogen-bond donors (Lipinski definition) is 0. The third-order valence-electron chi connectivity index (χ3n) is 4.71. The van der Waals surface area contributed by atoms with Crippen molar-refractivity contribution in [3.05, 3.63) is 82.5 Å². The molecule has 124 valence electrons. The third-order valence-corrected chi connectivity index (χ3v) is 5.40. The molecule has 5 rings (SSSR count). The summed E-state index contributed by atoms with van der Waals surface area (Å²) in [6.45, 7) is 0. The van der Waals surface area contributed by atoms with Crippen LogP contribution in [0.2, 0.25) is 0 Å². The molecule has 2 heterocycles. The molecule has 3 aromatic carbocycles. The molecule has 1 aliphatic heterocycles. The van der Waals surface area contributed by atoms with E-state index >= 15 is 0 Å². The van der Waals surface area contributed by atoms with Crippen molar-refractivity contribution in [2.24, 2.45) is 0 Å². The molecule has 5 heteroatoms. The Bertz CT molecular complexity index is 1220. The largest absolute Gasteiger partial charge is 0.268 e. The maximum Gasteiger partial charge on any atom is 0.266 e. The highest BCUT2D eigenvalue weighted by molar-refractivity contribution is 9.10. The van der Waals surface area contributed by atoms with Crippen LogP contribution in [0.15, 0.2) is 71.3 Å². The minimum atomic E-state index is -0.329. The molecular formula is C21H11BrN2O2. The van der Waals surface area contributed by atoms with E-state index in [4.69, 9.17) is 0 Å². The van der Waals surface area contributed by atoms with Gasteiger partial charge in [0.15, 0.2) is 0 Å². The van der Waals surface area contributed by atoms with E-state index in [0.717, 1.165) is 15.2 Å². The van der Waals surface area contributed by atoms with Crippen LogP contribution in [0.1, 0.15) is 20.7 Å². The van der Waals surface area contributed by atoms with Crippen molar-refractivity contribution in [2.75, 3.05) is 4.90 Å². The maximum atomic E-state index is 13.2. The van der Waals surface area contributed by atoms with Gasteiger partial charge in [0.2, 0.25) is 0 Å². The molecule has 0 saturated carbocycles. The van der Waals surface area contributed by atoms with Crippen molar-refractivity contribution >= 4 is 55.1 Å². The van der Waals surface area contributed by atoms with Gasteiger partial charge in [-0.15, -0.1) is 0 Å². The molecule has 0 unspecified atom stereocenters. The molecule has 1 aromatic heterocycles. The number of amides is 2. The van der Waals surface area contributed by atoms with E-state index in [-0.39, 0.29) is 11.8 Å². The fourth-order valence-electron chi connectivity index (χ4n) is 3.55. The summed E-state index contributed by atoms with van der Waals surface area (Å²) in [7, 11) is 0. The minimum Gasteiger partial charge on any atom is -0.268 e. The molecule has 2 amide bonds. The van der Waals surface area contributed by atoms with E-state index in [2.05, 4.69) is 20.9 Å². The predicted molar refractivity (Wildman–Crippen MR) is 105 cm³/mol. The summed E-state index contributed by atoms with van der Waals surface area (Å²) in [6.07, 6.45) is 1.66. The Labute approximate surface area is 157 Å². The maximum absolute atomic E-state index is 13.2. The highest BCUT2D eigenvalue weighted by atomic mass is 79.9. The monoisotopic (exact) mass is 402 g/mol. The van der Waals surface area contributed by atoms with Gasteiger partial charge in [-0.2, -0.15) is 0 Å². The number of halogens is 1. The summed E-state index contributed by atoms with van der Waals surface area (Å²) in [5.74, 6) is -0.659. The van der Waals surface area contributed by atoms with E-state index in [1.807, 2.05) is 42.5 Å². The van der Waals surface area contributed by atoms with Crippen LogP contribution in [-0.2, 0) is 0 Å². The first kappa shape index (κ1) is 15.2. The zero-order valence-corrected chi connectivity index (χ0v) is 15.0. The van der Waals surface area contributed by atoms with Crippen LogP contribution in [0.4, 0.5) is 5.69 Å². The van der Waals surface area contributed by atoms with Crippen molar-refractivity contribution in [2.45, 2.75) is 0 Å². The fraction of sp³-hybridized carbons (Fsp3) is 0. The molecule has 0 spiro atoms. The first-order valence-corrected chi connectivity index (χ1v) is 8.90. The summed E-state index contributed by atoms with van der Waals surface area (Å²) < 4.78 is 0.860. The lowest BCUT2D eigenvalue weighted by Crippen LogP contribution is -2.40. The summed E-state index contributed by atoms with van der Waals surface area (Å²) in [5.41, 5.74) is 2.17. The molecule has 0 atom stereocenters. The second-order valence-electron chi connectivity index (χ2n) is 6.12. The molecule has 0 fully saturated rings. The Balaban J connectivity index is 1.82. The lowest BCUT2D eigenvalue weighted by Gasteiger charge is -2.28. The van der Waals surface area contributed by atoms with Gasteiger partial charge in [-0.25, -0.2) is 4.90 Å². The predicted octanol–water partition coefficient (Wildman–Crippen LogP) is 4.95. The standard InChI is InChI=1S/C21H11BrN2O2/c22-16-10-9-15-18-13(16)6-2-7-14(18)20(25)24(21(15)26)17-8-1-4-12-5-3-11-23-19(12)17/h1-11H. The second kappa shape index (κ2) is 5.47. The highest BCUT2D eigenvalue weighted by Crippen LogP contribution is 2.37. The Morgan fingerprint density at radius 3 is 2.38 bits per heavy atom. The zero-order chi connectivity index (χ0) is 17.8. The van der Waals surface area contributed by atoms with Gasteiger partial charge in [0, 0.05) is 32.6 Å². The molecular weight excluding hydrogens is 392 g/mol. The molecule has 26 heavy (non-hydrogen) atoms. The number of carbonyl (C=O) groups excluding carboxylic acids is 2. The lowest BCUT2D eigenvalue weighted by atomic mass is 9.93. The van der Waals surface area contributed by atoms with Gasteiger partial charge in [-0.05, 0) is 35.7 Å². The van der Waals surface area contributed by atoms with E-state index in [1.165, 1.54) is 4.90 Å². The van der Waals surface area contributed by atoms with Crippen molar-refractivity contribution in [1.82, 2.24) is 4.98 Å². The number of imide groups is 1. The number of fused-ring (bicyclic) bond motifs is 1. The summed E-state index contributed by atoms with van der Waals surface area (Å²) in [5, 5.41) is 2.43.